The molecule has 2 aromatic rings. The number of halogens is 2. The van der Waals surface area contributed by atoms with Crippen molar-refractivity contribution in [3.8, 4) is 0 Å². The van der Waals surface area contributed by atoms with Crippen LogP contribution in [0.1, 0.15) is 12.0 Å². The maximum absolute atomic E-state index is 13.0. The summed E-state index contributed by atoms with van der Waals surface area (Å²) in [5.74, 6) is -0.392. The van der Waals surface area contributed by atoms with Crippen molar-refractivity contribution >= 4 is 33.2 Å². The lowest BCUT2D eigenvalue weighted by atomic mass is 10.2. The van der Waals surface area contributed by atoms with Gasteiger partial charge in [0.2, 0.25) is 5.91 Å². The monoisotopic (exact) mass is 350 g/mol. The largest absolute Gasteiger partial charge is 0.384 e. The third-order valence-corrected chi connectivity index (χ3v) is 3.56. The summed E-state index contributed by atoms with van der Waals surface area (Å²) in [4.78, 5) is 11.9. The van der Waals surface area contributed by atoms with Gasteiger partial charge in [0.25, 0.3) is 0 Å². The first-order valence-corrected chi connectivity index (χ1v) is 7.39. The maximum Gasteiger partial charge on any atom is 0.226 e. The normalized spacial score (nSPS) is 10.2. The third kappa shape index (κ3) is 4.86. The number of anilines is 2. The first-order chi connectivity index (χ1) is 10.0. The van der Waals surface area contributed by atoms with E-state index in [9.17, 15) is 9.18 Å². The molecule has 0 radical (unpaired) electrons. The van der Waals surface area contributed by atoms with E-state index in [1.807, 2.05) is 25.1 Å². The van der Waals surface area contributed by atoms with Gasteiger partial charge in [-0.05, 0) is 58.7 Å². The topological polar surface area (TPSA) is 41.1 Å². The average Bonchev–Trinajstić information content (AvgIpc) is 2.42. The molecule has 1 amide bonds. The fourth-order valence-electron chi connectivity index (χ4n) is 1.85. The number of carbonyl (C=O) groups is 1. The Morgan fingerprint density at radius 1 is 1.24 bits per heavy atom. The van der Waals surface area contributed by atoms with Crippen molar-refractivity contribution < 1.29 is 9.18 Å². The number of benzene rings is 2. The number of carbonyl (C=O) groups excluding carboxylic acids is 1. The van der Waals surface area contributed by atoms with E-state index < -0.39 is 0 Å². The second-order valence-electron chi connectivity index (χ2n) is 4.72. The molecule has 110 valence electrons. The van der Waals surface area contributed by atoms with Crippen LogP contribution in [0.25, 0.3) is 0 Å². The van der Waals surface area contributed by atoms with Gasteiger partial charge >= 0.3 is 0 Å². The van der Waals surface area contributed by atoms with Crippen molar-refractivity contribution in [3.05, 3.63) is 58.3 Å². The molecule has 0 heterocycles. The van der Waals surface area contributed by atoms with E-state index in [2.05, 4.69) is 26.6 Å². The highest BCUT2D eigenvalue weighted by molar-refractivity contribution is 9.10. The molecule has 2 N–H and O–H groups in total. The first-order valence-electron chi connectivity index (χ1n) is 6.60. The number of hydrogen-bond donors (Lipinski definition) is 2. The molecule has 3 nitrogen and oxygen atoms in total. The lowest BCUT2D eigenvalue weighted by Gasteiger charge is -2.09. The molecule has 0 unspecified atom stereocenters. The van der Waals surface area contributed by atoms with Crippen LogP contribution in [-0.2, 0) is 4.79 Å². The second kappa shape index (κ2) is 7.22. The third-order valence-electron chi connectivity index (χ3n) is 2.90. The summed E-state index contributed by atoms with van der Waals surface area (Å²) in [6.45, 7) is 2.43. The highest BCUT2D eigenvalue weighted by atomic mass is 79.9. The molecule has 2 rings (SSSR count). The van der Waals surface area contributed by atoms with Crippen LogP contribution >= 0.6 is 15.9 Å². The summed E-state index contributed by atoms with van der Waals surface area (Å²) in [7, 11) is 0. The fourth-order valence-corrected chi connectivity index (χ4v) is 2.45. The predicted molar refractivity (Wildman–Crippen MR) is 87.0 cm³/mol. The molecule has 0 bridgehead atoms. The summed E-state index contributed by atoms with van der Waals surface area (Å²) in [6.07, 6.45) is 0.302. The summed E-state index contributed by atoms with van der Waals surface area (Å²) in [6, 6.07) is 11.9. The van der Waals surface area contributed by atoms with Gasteiger partial charge in [0.15, 0.2) is 0 Å². The van der Waals surface area contributed by atoms with Gasteiger partial charge in [-0.2, -0.15) is 0 Å². The van der Waals surface area contributed by atoms with Crippen LogP contribution < -0.4 is 10.6 Å². The number of nitrogens with one attached hydrogen (secondary N) is 2. The van der Waals surface area contributed by atoms with Crippen molar-refractivity contribution in [3.63, 3.8) is 0 Å². The van der Waals surface area contributed by atoms with Gasteiger partial charge in [-0.1, -0.05) is 12.1 Å². The van der Waals surface area contributed by atoms with Crippen molar-refractivity contribution in [2.24, 2.45) is 0 Å². The second-order valence-corrected chi connectivity index (χ2v) is 5.57. The Kier molecular flexibility index (Phi) is 5.33. The van der Waals surface area contributed by atoms with Gasteiger partial charge in [0.05, 0.1) is 5.69 Å². The zero-order chi connectivity index (χ0) is 15.2. The summed E-state index contributed by atoms with van der Waals surface area (Å²) in [5.41, 5.74) is 2.53. The Labute approximate surface area is 131 Å². The molecule has 0 atom stereocenters. The minimum atomic E-state index is -0.298. The average molecular weight is 351 g/mol. The first kappa shape index (κ1) is 15.5. The zero-order valence-electron chi connectivity index (χ0n) is 11.6. The molecule has 2 aromatic carbocycles. The lowest BCUT2D eigenvalue weighted by molar-refractivity contribution is -0.115. The van der Waals surface area contributed by atoms with Gasteiger partial charge in [0.1, 0.15) is 5.82 Å². The van der Waals surface area contributed by atoms with Crippen LogP contribution in [0.3, 0.4) is 0 Å². The van der Waals surface area contributed by atoms with Crippen molar-refractivity contribution in [1.29, 1.82) is 0 Å². The van der Waals surface area contributed by atoms with Crippen LogP contribution in [0.2, 0.25) is 0 Å². The van der Waals surface area contributed by atoms with Crippen LogP contribution in [0.4, 0.5) is 15.8 Å². The van der Waals surface area contributed by atoms with Crippen LogP contribution in [-0.4, -0.2) is 12.5 Å². The number of rotatable bonds is 5. The molecule has 0 aromatic heterocycles. The van der Waals surface area contributed by atoms with E-state index in [0.717, 1.165) is 15.7 Å². The Balaban J connectivity index is 1.82. The van der Waals surface area contributed by atoms with Gasteiger partial charge in [-0.15, -0.1) is 0 Å². The van der Waals surface area contributed by atoms with E-state index in [-0.39, 0.29) is 11.7 Å². The van der Waals surface area contributed by atoms with Crippen LogP contribution in [0, 0.1) is 12.7 Å². The molecule has 0 saturated carbocycles. The van der Waals surface area contributed by atoms with Gasteiger partial charge in [-0.25, -0.2) is 4.39 Å². The SMILES string of the molecule is Cc1ccc(NC(=O)CCNc2cccc(F)c2)c(Br)c1. The molecule has 0 fully saturated rings. The summed E-state index contributed by atoms with van der Waals surface area (Å²) >= 11 is 3.42. The number of aryl methyl sites for hydroxylation is 1. The van der Waals surface area contributed by atoms with Crippen LogP contribution in [0.15, 0.2) is 46.9 Å². The van der Waals surface area contributed by atoms with Gasteiger partial charge in [0, 0.05) is 23.1 Å². The van der Waals surface area contributed by atoms with E-state index in [1.54, 1.807) is 12.1 Å². The Hall–Kier alpha value is -1.88. The highest BCUT2D eigenvalue weighted by Gasteiger charge is 2.05. The Bertz CT molecular complexity index is 646. The molecule has 0 aliphatic rings. The molecule has 0 aliphatic heterocycles. The molecule has 0 spiro atoms. The Morgan fingerprint density at radius 3 is 2.76 bits per heavy atom. The lowest BCUT2D eigenvalue weighted by Crippen LogP contribution is -2.16. The number of amides is 1. The number of hydrogen-bond acceptors (Lipinski definition) is 2. The Morgan fingerprint density at radius 2 is 2.05 bits per heavy atom. The van der Waals surface area contributed by atoms with E-state index >= 15 is 0 Å². The maximum atomic E-state index is 13.0. The molecular weight excluding hydrogens is 335 g/mol. The van der Waals surface area contributed by atoms with E-state index in [4.69, 9.17) is 0 Å². The minimum absolute atomic E-state index is 0.0940. The molecule has 5 heteroatoms. The zero-order valence-corrected chi connectivity index (χ0v) is 13.2. The molecule has 0 saturated heterocycles. The fraction of sp³-hybridized carbons (Fsp3) is 0.188. The van der Waals surface area contributed by atoms with E-state index in [0.29, 0.717) is 18.7 Å². The summed E-state index contributed by atoms with van der Waals surface area (Å²) < 4.78 is 13.8. The van der Waals surface area contributed by atoms with Crippen LogP contribution in [0.5, 0.6) is 0 Å². The minimum Gasteiger partial charge on any atom is -0.384 e. The van der Waals surface area contributed by atoms with E-state index in [1.165, 1.54) is 12.1 Å². The van der Waals surface area contributed by atoms with Crippen molar-refractivity contribution in [1.82, 2.24) is 0 Å². The van der Waals surface area contributed by atoms with Crippen molar-refractivity contribution in [2.45, 2.75) is 13.3 Å². The smallest absolute Gasteiger partial charge is 0.226 e. The molecule has 21 heavy (non-hydrogen) atoms. The van der Waals surface area contributed by atoms with Crippen molar-refractivity contribution in [2.75, 3.05) is 17.2 Å². The quantitative estimate of drug-likeness (QED) is 0.842. The van der Waals surface area contributed by atoms with Gasteiger partial charge in [-0.3, -0.25) is 4.79 Å². The summed E-state index contributed by atoms with van der Waals surface area (Å²) in [5, 5.41) is 5.85. The molecular formula is C16H16BrFN2O. The highest BCUT2D eigenvalue weighted by Crippen LogP contribution is 2.23. The van der Waals surface area contributed by atoms with Gasteiger partial charge < -0.3 is 10.6 Å². The standard InChI is InChI=1S/C16H16BrFN2O/c1-11-5-6-15(14(17)9-11)20-16(21)7-8-19-13-4-2-3-12(18)10-13/h2-6,9-10,19H,7-8H2,1H3,(H,20,21). The molecule has 0 aliphatic carbocycles. The predicted octanol–water partition coefficient (Wildman–Crippen LogP) is 4.34.